The van der Waals surface area contributed by atoms with E-state index in [0.717, 1.165) is 11.3 Å². The van der Waals surface area contributed by atoms with Crippen LogP contribution in [0.3, 0.4) is 0 Å². The van der Waals surface area contributed by atoms with E-state index in [4.69, 9.17) is 4.74 Å². The van der Waals surface area contributed by atoms with Crippen molar-refractivity contribution in [2.75, 3.05) is 7.11 Å². The average Bonchev–Trinajstić information content (AvgIpc) is 2.59. The number of methoxy groups -OCH3 is 1. The topological polar surface area (TPSA) is 64.1 Å². The van der Waals surface area contributed by atoms with Crippen LogP contribution in [0.4, 0.5) is 0 Å². The quantitative estimate of drug-likeness (QED) is 0.803. The van der Waals surface area contributed by atoms with Gasteiger partial charge in [0, 0.05) is 24.5 Å². The van der Waals surface area contributed by atoms with E-state index in [1.54, 1.807) is 31.6 Å². The first-order chi connectivity index (χ1) is 10.8. The van der Waals surface area contributed by atoms with Gasteiger partial charge in [0.05, 0.1) is 18.2 Å². The summed E-state index contributed by atoms with van der Waals surface area (Å²) in [5, 5.41) is 2.90. The Morgan fingerprint density at radius 3 is 2.77 bits per heavy atom. The maximum atomic E-state index is 12.4. The monoisotopic (exact) mass is 293 g/mol. The molecular formula is C17H15N3O2. The Hall–Kier alpha value is -2.95. The molecule has 3 aromatic rings. The SMILES string of the molecule is COc1ccccc1CNC(=O)c1cccc2nccnc12. The van der Waals surface area contributed by atoms with Crippen molar-refractivity contribution in [3.05, 3.63) is 66.0 Å². The largest absolute Gasteiger partial charge is 0.496 e. The third-order valence-electron chi connectivity index (χ3n) is 3.38. The van der Waals surface area contributed by atoms with Crippen LogP contribution >= 0.6 is 0 Å². The van der Waals surface area contributed by atoms with Crippen LogP contribution < -0.4 is 10.1 Å². The van der Waals surface area contributed by atoms with Crippen LogP contribution in [-0.4, -0.2) is 23.0 Å². The Morgan fingerprint density at radius 2 is 1.91 bits per heavy atom. The zero-order chi connectivity index (χ0) is 15.4. The van der Waals surface area contributed by atoms with E-state index in [-0.39, 0.29) is 5.91 Å². The van der Waals surface area contributed by atoms with Crippen molar-refractivity contribution in [2.24, 2.45) is 0 Å². The summed E-state index contributed by atoms with van der Waals surface area (Å²) in [6, 6.07) is 13.0. The predicted molar refractivity (Wildman–Crippen MR) is 83.7 cm³/mol. The fraction of sp³-hybridized carbons (Fsp3) is 0.118. The second-order valence-electron chi connectivity index (χ2n) is 4.72. The summed E-state index contributed by atoms with van der Waals surface area (Å²) in [6.07, 6.45) is 3.19. The van der Waals surface area contributed by atoms with Gasteiger partial charge in [0.2, 0.25) is 0 Å². The number of nitrogens with zero attached hydrogens (tertiary/aromatic N) is 2. The summed E-state index contributed by atoms with van der Waals surface area (Å²) in [7, 11) is 1.61. The third-order valence-corrected chi connectivity index (χ3v) is 3.38. The molecule has 1 heterocycles. The molecule has 3 rings (SSSR count). The van der Waals surface area contributed by atoms with Crippen molar-refractivity contribution in [2.45, 2.75) is 6.54 Å². The van der Waals surface area contributed by atoms with E-state index in [9.17, 15) is 4.79 Å². The molecule has 1 amide bonds. The molecule has 0 saturated carbocycles. The summed E-state index contributed by atoms with van der Waals surface area (Å²) in [5.41, 5.74) is 2.74. The Labute approximate surface area is 128 Å². The molecule has 22 heavy (non-hydrogen) atoms. The lowest BCUT2D eigenvalue weighted by atomic mass is 10.1. The number of carbonyl (C=O) groups is 1. The van der Waals surface area contributed by atoms with E-state index in [2.05, 4.69) is 15.3 Å². The highest BCUT2D eigenvalue weighted by molar-refractivity contribution is 6.04. The second-order valence-corrected chi connectivity index (χ2v) is 4.72. The number of benzene rings is 2. The molecule has 0 aliphatic heterocycles. The minimum absolute atomic E-state index is 0.183. The van der Waals surface area contributed by atoms with Gasteiger partial charge >= 0.3 is 0 Å². The van der Waals surface area contributed by atoms with Crippen LogP contribution in [0.2, 0.25) is 0 Å². The van der Waals surface area contributed by atoms with Gasteiger partial charge in [-0.3, -0.25) is 14.8 Å². The number of para-hydroxylation sites is 2. The van der Waals surface area contributed by atoms with Crippen molar-refractivity contribution in [3.8, 4) is 5.75 Å². The minimum atomic E-state index is -0.183. The minimum Gasteiger partial charge on any atom is -0.496 e. The van der Waals surface area contributed by atoms with Crippen molar-refractivity contribution in [1.82, 2.24) is 15.3 Å². The van der Waals surface area contributed by atoms with Crippen molar-refractivity contribution < 1.29 is 9.53 Å². The van der Waals surface area contributed by atoms with Gasteiger partial charge in [-0.05, 0) is 18.2 Å². The first kappa shape index (κ1) is 14.0. The standard InChI is InChI=1S/C17H15N3O2/c1-22-15-8-3-2-5-12(15)11-20-17(21)13-6-4-7-14-16(13)19-10-9-18-14/h2-10H,11H2,1H3,(H,20,21). The van der Waals surface area contributed by atoms with E-state index >= 15 is 0 Å². The van der Waals surface area contributed by atoms with Crippen LogP contribution in [0, 0.1) is 0 Å². The first-order valence-electron chi connectivity index (χ1n) is 6.89. The normalized spacial score (nSPS) is 10.4. The predicted octanol–water partition coefficient (Wildman–Crippen LogP) is 2.57. The lowest BCUT2D eigenvalue weighted by Gasteiger charge is -2.10. The Bertz CT molecular complexity index is 812. The molecule has 5 nitrogen and oxygen atoms in total. The Morgan fingerprint density at radius 1 is 1.09 bits per heavy atom. The molecule has 1 N–H and O–H groups in total. The summed E-state index contributed by atoms with van der Waals surface area (Å²) < 4.78 is 5.28. The highest BCUT2D eigenvalue weighted by Gasteiger charge is 2.12. The van der Waals surface area contributed by atoms with Crippen LogP contribution in [0.5, 0.6) is 5.75 Å². The van der Waals surface area contributed by atoms with Gasteiger partial charge in [0.1, 0.15) is 11.3 Å². The number of amides is 1. The number of nitrogens with one attached hydrogen (secondary N) is 1. The molecular weight excluding hydrogens is 278 g/mol. The van der Waals surface area contributed by atoms with Crippen LogP contribution in [0.15, 0.2) is 54.9 Å². The molecule has 0 bridgehead atoms. The highest BCUT2D eigenvalue weighted by atomic mass is 16.5. The maximum Gasteiger partial charge on any atom is 0.253 e. The van der Waals surface area contributed by atoms with Gasteiger partial charge in [-0.2, -0.15) is 0 Å². The molecule has 0 unspecified atom stereocenters. The second kappa shape index (κ2) is 6.22. The van der Waals surface area contributed by atoms with E-state index < -0.39 is 0 Å². The highest BCUT2D eigenvalue weighted by Crippen LogP contribution is 2.18. The number of aromatic nitrogens is 2. The number of hydrogen-bond donors (Lipinski definition) is 1. The van der Waals surface area contributed by atoms with Crippen molar-refractivity contribution >= 4 is 16.9 Å². The molecule has 2 aromatic carbocycles. The van der Waals surface area contributed by atoms with Crippen molar-refractivity contribution in [3.63, 3.8) is 0 Å². The van der Waals surface area contributed by atoms with E-state index in [0.29, 0.717) is 23.1 Å². The van der Waals surface area contributed by atoms with E-state index in [1.165, 1.54) is 0 Å². The molecule has 5 heteroatoms. The van der Waals surface area contributed by atoms with Crippen LogP contribution in [0.25, 0.3) is 11.0 Å². The smallest absolute Gasteiger partial charge is 0.253 e. The number of carbonyl (C=O) groups excluding carboxylic acids is 1. The Kier molecular flexibility index (Phi) is 3.96. The maximum absolute atomic E-state index is 12.4. The lowest BCUT2D eigenvalue weighted by molar-refractivity contribution is 0.0952. The number of fused-ring (bicyclic) bond motifs is 1. The van der Waals surface area contributed by atoms with Crippen LogP contribution in [0.1, 0.15) is 15.9 Å². The zero-order valence-corrected chi connectivity index (χ0v) is 12.1. The number of rotatable bonds is 4. The zero-order valence-electron chi connectivity index (χ0n) is 12.1. The molecule has 0 spiro atoms. The Balaban J connectivity index is 1.82. The fourth-order valence-electron chi connectivity index (χ4n) is 2.30. The molecule has 0 saturated heterocycles. The van der Waals surface area contributed by atoms with Gasteiger partial charge in [-0.15, -0.1) is 0 Å². The molecule has 0 aliphatic rings. The molecule has 1 aromatic heterocycles. The number of ether oxygens (including phenoxy) is 1. The molecule has 110 valence electrons. The molecule has 0 aliphatic carbocycles. The summed E-state index contributed by atoms with van der Waals surface area (Å²) in [5.74, 6) is 0.567. The van der Waals surface area contributed by atoms with Gasteiger partial charge < -0.3 is 10.1 Å². The molecule has 0 atom stereocenters. The summed E-state index contributed by atoms with van der Waals surface area (Å²) in [4.78, 5) is 20.9. The number of hydrogen-bond acceptors (Lipinski definition) is 4. The lowest BCUT2D eigenvalue weighted by Crippen LogP contribution is -2.23. The summed E-state index contributed by atoms with van der Waals surface area (Å²) >= 11 is 0. The first-order valence-corrected chi connectivity index (χ1v) is 6.89. The summed E-state index contributed by atoms with van der Waals surface area (Å²) in [6.45, 7) is 0.388. The average molecular weight is 293 g/mol. The third kappa shape index (κ3) is 2.74. The molecule has 0 fully saturated rings. The van der Waals surface area contributed by atoms with Gasteiger partial charge in [-0.25, -0.2) is 0 Å². The fourth-order valence-corrected chi connectivity index (χ4v) is 2.30. The van der Waals surface area contributed by atoms with E-state index in [1.807, 2.05) is 30.3 Å². The van der Waals surface area contributed by atoms with Gasteiger partial charge in [0.15, 0.2) is 0 Å². The molecule has 0 radical (unpaired) electrons. The van der Waals surface area contributed by atoms with Gasteiger partial charge in [0.25, 0.3) is 5.91 Å². The van der Waals surface area contributed by atoms with Gasteiger partial charge in [-0.1, -0.05) is 24.3 Å². The van der Waals surface area contributed by atoms with Crippen LogP contribution in [-0.2, 0) is 6.54 Å². The van der Waals surface area contributed by atoms with Crippen molar-refractivity contribution in [1.29, 1.82) is 0 Å².